The molecule has 0 amide bonds. The minimum atomic E-state index is -1.17. The van der Waals surface area contributed by atoms with Crippen molar-refractivity contribution in [1.29, 1.82) is 0 Å². The monoisotopic (exact) mass is 2650 g/mol. The number of aliphatic hydroxyl groups excluding tert-OH is 1. The lowest BCUT2D eigenvalue weighted by Gasteiger charge is -2.31. The Hall–Kier alpha value is -3.84. The maximum Gasteiger partial charge on any atom is 0.339 e. The third-order valence-corrected chi connectivity index (χ3v) is 25.4. The highest BCUT2D eigenvalue weighted by atomic mass is 127. The molecule has 4 aromatic rings. The number of carbonyl (C=O) groups excluding carboxylic acids is 12. The minimum absolute atomic E-state index is 0.00363. The van der Waals surface area contributed by atoms with E-state index in [1.807, 2.05) is 83.3 Å². The minimum Gasteiger partial charge on any atom is -0.462 e. The maximum atomic E-state index is 12.6. The number of hydrogen-bond donors (Lipinski definition) is 1. The van der Waals surface area contributed by atoms with E-state index in [2.05, 4.69) is 158 Å². The standard InChI is InChI=1S/C22H27I3O7.C22H28I2O8.C22H28I2O7.C22H29IO7/c1-21(2,12-22(3,4)20(28)32-11-14-10-31-14)19(27)30-6-5-29-18(26)9-15-16(24)7-13(23)8-17(15)25;1-21(2,12-22(3,4)20(28)32-11-15-10-29-15)19(27)31-9-14(25)8-30-18(26)16-6-5-13(23)7-17(16)24;1-21(2,13-22(3,4)20(27)31-12-16-11-30-16)19(26)29-8-7-28-18(25)9-14-5-6-15(23)10-17(14)24;1-21(2,14-22(3,4)20(26)30-13-17-12-29-17)19(25)28-10-9-27-18(24)11-15-5-7-16(23)8-6-15/h7-8,14H,5-6,9-12H2,1-4H3;5-7,14-15,25H,8-12H2,1-4H3;5-6,10,16H,7-9,11-13H2,1-4H3;5-8,17H,9-14H2,1-4H3. The van der Waals surface area contributed by atoms with Gasteiger partial charge in [0.1, 0.15) is 110 Å². The molecule has 0 radical (unpaired) electrons. The molecule has 8 rings (SSSR count). The van der Waals surface area contributed by atoms with E-state index in [1.165, 1.54) is 0 Å². The second kappa shape index (κ2) is 51.4. The van der Waals surface area contributed by atoms with E-state index in [1.54, 1.807) is 123 Å². The summed E-state index contributed by atoms with van der Waals surface area (Å²) in [5.41, 5.74) is -4.08. The molecule has 5 unspecified atom stereocenters. The summed E-state index contributed by atoms with van der Waals surface area (Å²) in [4.78, 5) is 148. The first-order valence-corrected chi connectivity index (χ1v) is 48.6. The summed E-state index contributed by atoms with van der Waals surface area (Å²) in [6, 6.07) is 22.7. The number of epoxide rings is 4. The van der Waals surface area contributed by atoms with Crippen LogP contribution in [0.4, 0.5) is 0 Å². The largest absolute Gasteiger partial charge is 0.462 e. The molecule has 37 heteroatoms. The zero-order valence-corrected chi connectivity index (χ0v) is 90.2. The Morgan fingerprint density at radius 1 is 0.320 bits per heavy atom. The fourth-order valence-electron chi connectivity index (χ4n) is 12.5. The Labute approximate surface area is 840 Å². The van der Waals surface area contributed by atoms with E-state index in [-0.39, 0.29) is 184 Å². The highest BCUT2D eigenvalue weighted by Gasteiger charge is 2.46. The van der Waals surface area contributed by atoms with Crippen molar-refractivity contribution in [1.82, 2.24) is 0 Å². The summed E-state index contributed by atoms with van der Waals surface area (Å²) >= 11 is 17.4. The zero-order chi connectivity index (χ0) is 93.8. The fraction of sp³-hybridized carbons (Fsp3) is 0.591. The number of ether oxygens (including phenoxy) is 16. The molecule has 0 spiro atoms. The van der Waals surface area contributed by atoms with Crippen LogP contribution in [0, 0.1) is 71.9 Å². The van der Waals surface area contributed by atoms with Gasteiger partial charge in [0.05, 0.1) is 94.6 Å². The van der Waals surface area contributed by atoms with Crippen LogP contribution in [0.15, 0.2) is 72.8 Å². The number of halogens is 8. The maximum absolute atomic E-state index is 12.6. The first-order valence-electron chi connectivity index (χ1n) is 40.0. The molecule has 0 aromatic heterocycles. The number of hydrogen-bond acceptors (Lipinski definition) is 29. The summed E-state index contributed by atoms with van der Waals surface area (Å²) < 4.78 is 91.0. The fourth-order valence-corrected chi connectivity index (χ4v) is 20.5. The number of carbonyl (C=O) groups is 12. The molecule has 0 aliphatic carbocycles. The Morgan fingerprint density at radius 2 is 0.592 bits per heavy atom. The number of rotatable bonds is 44. The second-order valence-corrected chi connectivity index (χ2v) is 44.9. The van der Waals surface area contributed by atoms with Crippen LogP contribution in [0.5, 0.6) is 0 Å². The van der Waals surface area contributed by atoms with Crippen LogP contribution in [0.3, 0.4) is 0 Å². The molecule has 5 atom stereocenters. The normalized spacial score (nSPS) is 16.1. The Bertz CT molecular complexity index is 4350. The molecule has 4 aromatic carbocycles. The molecular formula is C88H112I8O29. The highest BCUT2D eigenvalue weighted by Crippen LogP contribution is 2.41. The summed E-state index contributed by atoms with van der Waals surface area (Å²) in [7, 11) is 0. The molecule has 694 valence electrons. The van der Waals surface area contributed by atoms with E-state index in [0.717, 1.165) is 45.3 Å². The van der Waals surface area contributed by atoms with Gasteiger partial charge in [0, 0.05) is 28.6 Å². The van der Waals surface area contributed by atoms with Gasteiger partial charge in [-0.1, -0.05) is 18.2 Å². The van der Waals surface area contributed by atoms with Gasteiger partial charge in [-0.15, -0.1) is 0 Å². The van der Waals surface area contributed by atoms with Crippen molar-refractivity contribution in [3.63, 3.8) is 0 Å². The smallest absolute Gasteiger partial charge is 0.339 e. The van der Waals surface area contributed by atoms with E-state index >= 15 is 0 Å². The molecule has 4 aliphatic heterocycles. The molecule has 4 fully saturated rings. The molecule has 4 heterocycles. The number of aliphatic hydroxyl groups is 1. The van der Waals surface area contributed by atoms with Gasteiger partial charge in [0.15, 0.2) is 0 Å². The van der Waals surface area contributed by atoms with Crippen LogP contribution in [0.1, 0.15) is 164 Å². The van der Waals surface area contributed by atoms with Crippen LogP contribution in [0.2, 0.25) is 0 Å². The van der Waals surface area contributed by atoms with E-state index in [4.69, 9.17) is 75.8 Å². The van der Waals surface area contributed by atoms with Crippen molar-refractivity contribution in [2.45, 2.75) is 186 Å². The lowest BCUT2D eigenvalue weighted by molar-refractivity contribution is -0.165. The van der Waals surface area contributed by atoms with Gasteiger partial charge in [-0.05, 0) is 388 Å². The SMILES string of the molecule is CC(C)(CC(C)(C)C(=O)OCC1CO1)C(=O)OCC(O)COC(=O)c1ccc(I)cc1I.CC(C)(CC(C)(C)C(=O)OCC1CO1)C(=O)OCCOC(=O)Cc1c(I)cc(I)cc1I.CC(C)(CC(C)(C)C(=O)OCC1CO1)C(=O)OCCOC(=O)Cc1ccc(I)cc1.CC(C)(CC(C)(C)C(=O)OCC1CO1)C(=O)OCCOC(=O)Cc1ccc(I)cc1I. The van der Waals surface area contributed by atoms with Crippen molar-refractivity contribution in [2.75, 3.05) is 106 Å². The topological polar surface area (TPSA) is 386 Å². The van der Waals surface area contributed by atoms with Crippen LogP contribution < -0.4 is 0 Å². The average Bonchev–Trinajstić information content (AvgIpc) is 1.81. The zero-order valence-electron chi connectivity index (χ0n) is 73.0. The van der Waals surface area contributed by atoms with Crippen molar-refractivity contribution in [3.8, 4) is 0 Å². The van der Waals surface area contributed by atoms with Gasteiger partial charge in [-0.2, -0.15) is 0 Å². The predicted octanol–water partition coefficient (Wildman–Crippen LogP) is 15.1. The molecule has 125 heavy (non-hydrogen) atoms. The van der Waals surface area contributed by atoms with Crippen LogP contribution in [0.25, 0.3) is 0 Å². The van der Waals surface area contributed by atoms with Crippen molar-refractivity contribution >= 4 is 252 Å². The van der Waals surface area contributed by atoms with Gasteiger partial charge >= 0.3 is 71.6 Å². The summed E-state index contributed by atoms with van der Waals surface area (Å²) in [5.74, 6) is -5.16. The van der Waals surface area contributed by atoms with E-state index in [9.17, 15) is 62.6 Å². The molecule has 4 saturated heterocycles. The Kier molecular flexibility index (Phi) is 45.9. The summed E-state index contributed by atoms with van der Waals surface area (Å²) in [5, 5.41) is 10.1. The molecule has 4 aliphatic rings. The van der Waals surface area contributed by atoms with Crippen LogP contribution in [-0.2, 0) is 148 Å². The molecule has 0 saturated carbocycles. The van der Waals surface area contributed by atoms with Gasteiger partial charge in [0.2, 0.25) is 0 Å². The molecule has 0 bridgehead atoms. The quantitative estimate of drug-likeness (QED) is 0.0141. The molecule has 1 N–H and O–H groups in total. The van der Waals surface area contributed by atoms with Gasteiger partial charge < -0.3 is 80.9 Å². The van der Waals surface area contributed by atoms with E-state index < -0.39 is 85.2 Å². The van der Waals surface area contributed by atoms with Crippen LogP contribution in [-0.4, -0.2) is 213 Å². The highest BCUT2D eigenvalue weighted by molar-refractivity contribution is 14.1. The predicted molar refractivity (Wildman–Crippen MR) is 523 cm³/mol. The van der Waals surface area contributed by atoms with Gasteiger partial charge in [-0.25, -0.2) is 4.79 Å². The third-order valence-electron chi connectivity index (χ3n) is 18.9. The summed E-state index contributed by atoms with van der Waals surface area (Å²) in [6.07, 6.45) is 0.244. The summed E-state index contributed by atoms with van der Waals surface area (Å²) in [6.45, 7) is 30.0. The molecule has 29 nitrogen and oxygen atoms in total. The Morgan fingerprint density at radius 3 is 0.920 bits per heavy atom. The first-order chi connectivity index (χ1) is 58.0. The third kappa shape index (κ3) is 42.3. The van der Waals surface area contributed by atoms with Crippen molar-refractivity contribution in [3.05, 3.63) is 124 Å². The molecular weight excluding hydrogens is 2540 g/mol. The lowest BCUT2D eigenvalue weighted by Crippen LogP contribution is -2.38. The van der Waals surface area contributed by atoms with E-state index in [0.29, 0.717) is 32.0 Å². The number of benzene rings is 4. The number of esters is 12. The van der Waals surface area contributed by atoms with Gasteiger partial charge in [-0.3, -0.25) is 52.7 Å². The average molecular weight is 2650 g/mol. The first kappa shape index (κ1) is 112. The lowest BCUT2D eigenvalue weighted by atomic mass is 9.75. The van der Waals surface area contributed by atoms with Crippen molar-refractivity contribution in [2.24, 2.45) is 43.3 Å². The van der Waals surface area contributed by atoms with Gasteiger partial charge in [0.25, 0.3) is 0 Å². The Balaban J connectivity index is 0.000000296. The second-order valence-electron chi connectivity index (χ2n) is 35.3. The van der Waals surface area contributed by atoms with Crippen molar-refractivity contribution < 1.29 is 138 Å². The van der Waals surface area contributed by atoms with Crippen LogP contribution >= 0.6 is 181 Å².